The summed E-state index contributed by atoms with van der Waals surface area (Å²) in [4.78, 5) is 14.5. The molecule has 1 aliphatic heterocycles. The van der Waals surface area contributed by atoms with Crippen LogP contribution >= 0.6 is 0 Å². The minimum atomic E-state index is 0.509. The van der Waals surface area contributed by atoms with Crippen LogP contribution in [0.4, 0.5) is 11.8 Å². The number of piperazine rings is 1. The highest BCUT2D eigenvalue weighted by molar-refractivity contribution is 5.99. The van der Waals surface area contributed by atoms with Gasteiger partial charge in [0.1, 0.15) is 11.6 Å². The van der Waals surface area contributed by atoms with E-state index in [2.05, 4.69) is 9.80 Å². The number of anilines is 2. The molecular formula is C25H29N7O2. The van der Waals surface area contributed by atoms with E-state index >= 15 is 0 Å². The first-order valence-corrected chi connectivity index (χ1v) is 11.4. The van der Waals surface area contributed by atoms with Gasteiger partial charge in [-0.3, -0.25) is 4.90 Å². The van der Waals surface area contributed by atoms with Crippen LogP contribution in [0.3, 0.4) is 0 Å². The summed E-state index contributed by atoms with van der Waals surface area (Å²) < 4.78 is 12.4. The number of benzene rings is 2. The average molecular weight is 460 g/mol. The Balaban J connectivity index is 1.59. The molecule has 0 saturated carbocycles. The van der Waals surface area contributed by atoms with Crippen LogP contribution in [0.5, 0.6) is 5.75 Å². The lowest BCUT2D eigenvalue weighted by atomic mass is 10.1. The van der Waals surface area contributed by atoms with Gasteiger partial charge in [-0.15, -0.1) is 5.10 Å². The molecule has 0 amide bonds. The third-order valence-corrected chi connectivity index (χ3v) is 6.17. The Morgan fingerprint density at radius 2 is 1.74 bits per heavy atom. The van der Waals surface area contributed by atoms with Gasteiger partial charge < -0.3 is 20.1 Å². The molecule has 0 atom stereocenters. The van der Waals surface area contributed by atoms with Crippen molar-refractivity contribution in [3.63, 3.8) is 0 Å². The minimum absolute atomic E-state index is 0.509. The van der Waals surface area contributed by atoms with Crippen molar-refractivity contribution < 1.29 is 9.47 Å². The number of rotatable bonds is 7. The molecule has 1 fully saturated rings. The maximum absolute atomic E-state index is 6.63. The van der Waals surface area contributed by atoms with Crippen LogP contribution in [-0.2, 0) is 4.74 Å². The number of aromatic nitrogens is 4. The van der Waals surface area contributed by atoms with Crippen molar-refractivity contribution in [2.45, 2.75) is 0 Å². The number of ether oxygens (including phenoxy) is 2. The van der Waals surface area contributed by atoms with Gasteiger partial charge >= 0.3 is 0 Å². The van der Waals surface area contributed by atoms with Crippen molar-refractivity contribution >= 4 is 22.8 Å². The van der Waals surface area contributed by atoms with Crippen LogP contribution in [0.25, 0.3) is 28.0 Å². The third-order valence-electron chi connectivity index (χ3n) is 6.17. The first-order chi connectivity index (χ1) is 16.7. The van der Waals surface area contributed by atoms with Gasteiger partial charge in [-0.25, -0.2) is 9.67 Å². The molecule has 5 rings (SSSR count). The first kappa shape index (κ1) is 22.1. The van der Waals surface area contributed by atoms with Gasteiger partial charge in [-0.2, -0.15) is 4.98 Å². The van der Waals surface area contributed by atoms with E-state index in [-0.39, 0.29) is 0 Å². The molecule has 4 aromatic rings. The summed E-state index contributed by atoms with van der Waals surface area (Å²) in [6.45, 7) is 5.19. The Hall–Kier alpha value is -3.69. The zero-order valence-corrected chi connectivity index (χ0v) is 19.5. The molecule has 9 heteroatoms. The summed E-state index contributed by atoms with van der Waals surface area (Å²) in [5.41, 5.74) is 9.74. The summed E-state index contributed by atoms with van der Waals surface area (Å²) in [5, 5.41) is 5.51. The summed E-state index contributed by atoms with van der Waals surface area (Å²) in [6, 6.07) is 17.7. The van der Waals surface area contributed by atoms with Crippen molar-refractivity contribution in [2.24, 2.45) is 0 Å². The molecule has 2 N–H and O–H groups in total. The Bertz CT molecular complexity index is 1270. The lowest BCUT2D eigenvalue weighted by molar-refractivity contribution is 0.144. The lowest BCUT2D eigenvalue weighted by Gasteiger charge is -2.34. The van der Waals surface area contributed by atoms with E-state index in [0.717, 1.165) is 67.4 Å². The molecule has 2 aromatic heterocycles. The van der Waals surface area contributed by atoms with Gasteiger partial charge in [0, 0.05) is 45.4 Å². The van der Waals surface area contributed by atoms with E-state index in [9.17, 15) is 0 Å². The van der Waals surface area contributed by atoms with E-state index in [1.165, 1.54) is 0 Å². The lowest BCUT2D eigenvalue weighted by Crippen LogP contribution is -2.47. The second kappa shape index (κ2) is 9.66. The maximum atomic E-state index is 6.63. The molecule has 0 unspecified atom stereocenters. The zero-order chi connectivity index (χ0) is 23.5. The Labute approximate surface area is 198 Å². The monoisotopic (exact) mass is 459 g/mol. The molecule has 0 spiro atoms. The zero-order valence-electron chi connectivity index (χ0n) is 19.5. The normalized spacial score (nSPS) is 14.6. The van der Waals surface area contributed by atoms with E-state index in [1.807, 2.05) is 54.6 Å². The highest BCUT2D eigenvalue weighted by Crippen LogP contribution is 2.34. The van der Waals surface area contributed by atoms with Crippen molar-refractivity contribution in [1.29, 1.82) is 0 Å². The number of hydrogen-bond donors (Lipinski definition) is 1. The Morgan fingerprint density at radius 3 is 2.47 bits per heavy atom. The van der Waals surface area contributed by atoms with Crippen molar-refractivity contribution in [3.8, 4) is 22.7 Å². The summed E-state index contributed by atoms with van der Waals surface area (Å²) in [5.74, 6) is 1.93. The van der Waals surface area contributed by atoms with Gasteiger partial charge in [0.2, 0.25) is 5.95 Å². The number of fused-ring (bicyclic) bond motifs is 1. The topological polar surface area (TPSA) is 94.6 Å². The highest BCUT2D eigenvalue weighted by Gasteiger charge is 2.24. The fraction of sp³-hybridized carbons (Fsp3) is 0.320. The molecule has 0 bridgehead atoms. The predicted octanol–water partition coefficient (Wildman–Crippen LogP) is 2.84. The molecule has 9 nitrogen and oxygen atoms in total. The quantitative estimate of drug-likeness (QED) is 0.451. The van der Waals surface area contributed by atoms with Crippen LogP contribution in [0.15, 0.2) is 54.6 Å². The SMILES string of the molecule is COCCN1CCN(c2nc(-c3cccc(OC)c3)c3c(N)n(-c4ccccc4)nc3n2)CC1. The Morgan fingerprint density at radius 1 is 0.941 bits per heavy atom. The molecule has 1 saturated heterocycles. The number of nitrogens with zero attached hydrogens (tertiary/aromatic N) is 6. The third kappa shape index (κ3) is 4.27. The smallest absolute Gasteiger partial charge is 0.228 e. The molecule has 3 heterocycles. The van der Waals surface area contributed by atoms with E-state index < -0.39 is 0 Å². The van der Waals surface area contributed by atoms with Gasteiger partial charge in [0.15, 0.2) is 5.65 Å². The molecule has 2 aromatic carbocycles. The van der Waals surface area contributed by atoms with Crippen LogP contribution in [0.2, 0.25) is 0 Å². The second-order valence-electron chi connectivity index (χ2n) is 8.26. The largest absolute Gasteiger partial charge is 0.497 e. The van der Waals surface area contributed by atoms with Crippen molar-refractivity contribution in [2.75, 3.05) is 64.2 Å². The standard InChI is InChI=1S/C25H29N7O2/c1-33-16-15-30-11-13-31(14-12-30)25-27-22(18-7-6-10-20(17-18)34-2)21-23(26)32(29-24(21)28-25)19-8-4-3-5-9-19/h3-10,17H,11-16,26H2,1-2H3. The summed E-state index contributed by atoms with van der Waals surface area (Å²) in [7, 11) is 3.39. The van der Waals surface area contributed by atoms with Crippen LogP contribution in [-0.4, -0.2) is 78.2 Å². The van der Waals surface area contributed by atoms with Gasteiger partial charge in [0.25, 0.3) is 0 Å². The number of methoxy groups -OCH3 is 2. The average Bonchev–Trinajstić information content (AvgIpc) is 3.24. The van der Waals surface area contributed by atoms with Crippen molar-refractivity contribution in [3.05, 3.63) is 54.6 Å². The fourth-order valence-electron chi connectivity index (χ4n) is 4.28. The fourth-order valence-corrected chi connectivity index (χ4v) is 4.28. The van der Waals surface area contributed by atoms with E-state index in [0.29, 0.717) is 17.4 Å². The minimum Gasteiger partial charge on any atom is -0.497 e. The predicted molar refractivity (Wildman–Crippen MR) is 134 cm³/mol. The number of para-hydroxylation sites is 1. The van der Waals surface area contributed by atoms with Gasteiger partial charge in [-0.1, -0.05) is 30.3 Å². The van der Waals surface area contributed by atoms with E-state index in [4.69, 9.17) is 30.3 Å². The number of hydrogen-bond acceptors (Lipinski definition) is 8. The maximum Gasteiger partial charge on any atom is 0.228 e. The summed E-state index contributed by atoms with van der Waals surface area (Å²) in [6.07, 6.45) is 0. The van der Waals surface area contributed by atoms with Gasteiger partial charge in [-0.05, 0) is 24.3 Å². The number of nitrogen functional groups attached to an aromatic ring is 1. The van der Waals surface area contributed by atoms with Crippen LogP contribution < -0.4 is 15.4 Å². The number of nitrogens with two attached hydrogens (primary N) is 1. The van der Waals surface area contributed by atoms with Crippen LogP contribution in [0, 0.1) is 0 Å². The highest BCUT2D eigenvalue weighted by atomic mass is 16.5. The molecule has 1 aliphatic rings. The molecule has 0 aliphatic carbocycles. The molecule has 176 valence electrons. The Kier molecular flexibility index (Phi) is 6.29. The van der Waals surface area contributed by atoms with Gasteiger partial charge in [0.05, 0.1) is 30.5 Å². The molecule has 34 heavy (non-hydrogen) atoms. The summed E-state index contributed by atoms with van der Waals surface area (Å²) >= 11 is 0. The first-order valence-electron chi connectivity index (χ1n) is 11.4. The van der Waals surface area contributed by atoms with E-state index in [1.54, 1.807) is 18.9 Å². The second-order valence-corrected chi connectivity index (χ2v) is 8.26. The van der Waals surface area contributed by atoms with Crippen molar-refractivity contribution in [1.82, 2.24) is 24.6 Å². The van der Waals surface area contributed by atoms with Crippen LogP contribution in [0.1, 0.15) is 0 Å². The molecule has 0 radical (unpaired) electrons. The molecular weight excluding hydrogens is 430 g/mol.